The Morgan fingerprint density at radius 1 is 1.15 bits per heavy atom. The van der Waals surface area contributed by atoms with Gasteiger partial charge in [-0.1, -0.05) is 42.0 Å². The Kier molecular flexibility index (Phi) is 4.90. The summed E-state index contributed by atoms with van der Waals surface area (Å²) in [4.78, 5) is 11.7. The molecule has 1 unspecified atom stereocenters. The summed E-state index contributed by atoms with van der Waals surface area (Å²) >= 11 is 0. The maximum Gasteiger partial charge on any atom is 0.305 e. The fourth-order valence-corrected chi connectivity index (χ4v) is 6.01. The molecule has 138 valence electrons. The highest BCUT2D eigenvalue weighted by atomic mass is 32.2. The Labute approximate surface area is 154 Å². The van der Waals surface area contributed by atoms with Crippen LogP contribution in [0, 0.1) is 20.8 Å². The van der Waals surface area contributed by atoms with Gasteiger partial charge in [-0.05, 0) is 49.4 Å². The van der Waals surface area contributed by atoms with Gasteiger partial charge >= 0.3 is 5.97 Å². The number of fused-ring (bicyclic) bond motifs is 1. The standard InChI is InChI=1S/C20H23NO4S/c1-13-10-14(2)20(15(3)11-13)26(24,25)21-9-8-16-6-4-5-7-17(16)18(21)12-19(22)23/h4-7,10-11,18H,8-9,12H2,1-3H3,(H,22,23). The molecule has 0 radical (unpaired) electrons. The van der Waals surface area contributed by atoms with Crippen molar-refractivity contribution in [1.82, 2.24) is 4.31 Å². The largest absolute Gasteiger partial charge is 0.481 e. The van der Waals surface area contributed by atoms with Gasteiger partial charge in [0.25, 0.3) is 0 Å². The van der Waals surface area contributed by atoms with Crippen LogP contribution in [-0.4, -0.2) is 30.3 Å². The van der Waals surface area contributed by atoms with Crippen molar-refractivity contribution in [1.29, 1.82) is 0 Å². The molecular formula is C20H23NO4S. The molecule has 0 amide bonds. The van der Waals surface area contributed by atoms with Crippen LogP contribution >= 0.6 is 0 Å². The number of benzene rings is 2. The smallest absolute Gasteiger partial charge is 0.305 e. The van der Waals surface area contributed by atoms with Crippen LogP contribution < -0.4 is 0 Å². The molecule has 3 rings (SSSR count). The monoisotopic (exact) mass is 373 g/mol. The first-order valence-electron chi connectivity index (χ1n) is 8.61. The lowest BCUT2D eigenvalue weighted by atomic mass is 9.92. The van der Waals surface area contributed by atoms with E-state index in [1.54, 1.807) is 13.8 Å². The normalized spacial score (nSPS) is 17.7. The van der Waals surface area contributed by atoms with Crippen LogP contribution in [0.4, 0.5) is 0 Å². The van der Waals surface area contributed by atoms with E-state index in [0.717, 1.165) is 16.7 Å². The molecule has 0 saturated carbocycles. The van der Waals surface area contributed by atoms with Crippen LogP contribution in [0.5, 0.6) is 0 Å². The molecule has 1 N–H and O–H groups in total. The minimum absolute atomic E-state index is 0.250. The van der Waals surface area contributed by atoms with E-state index in [0.29, 0.717) is 17.5 Å². The number of sulfonamides is 1. The summed E-state index contributed by atoms with van der Waals surface area (Å²) in [5.41, 5.74) is 4.19. The van der Waals surface area contributed by atoms with Crippen molar-refractivity contribution in [3.8, 4) is 0 Å². The molecule has 0 spiro atoms. The second kappa shape index (κ2) is 6.85. The summed E-state index contributed by atoms with van der Waals surface area (Å²) in [5.74, 6) is -1.01. The zero-order chi connectivity index (χ0) is 19.1. The molecule has 0 saturated heterocycles. The van der Waals surface area contributed by atoms with E-state index in [4.69, 9.17) is 0 Å². The number of nitrogens with zero attached hydrogens (tertiary/aromatic N) is 1. The average Bonchev–Trinajstić information content (AvgIpc) is 2.53. The summed E-state index contributed by atoms with van der Waals surface area (Å²) in [6, 6.07) is 10.5. The molecule has 0 fully saturated rings. The van der Waals surface area contributed by atoms with Gasteiger partial charge in [-0.3, -0.25) is 4.79 Å². The van der Waals surface area contributed by atoms with E-state index in [1.165, 1.54) is 4.31 Å². The van der Waals surface area contributed by atoms with Crippen LogP contribution in [0.15, 0.2) is 41.3 Å². The zero-order valence-electron chi connectivity index (χ0n) is 15.2. The van der Waals surface area contributed by atoms with Crippen molar-refractivity contribution in [2.45, 2.75) is 44.6 Å². The maximum atomic E-state index is 13.5. The Bertz CT molecular complexity index is 943. The summed E-state index contributed by atoms with van der Waals surface area (Å²) < 4.78 is 28.3. The quantitative estimate of drug-likeness (QED) is 0.892. The zero-order valence-corrected chi connectivity index (χ0v) is 16.0. The van der Waals surface area contributed by atoms with Crippen LogP contribution in [0.1, 0.15) is 40.3 Å². The van der Waals surface area contributed by atoms with Crippen LogP contribution in [0.25, 0.3) is 0 Å². The molecule has 0 aromatic heterocycles. The molecule has 0 aliphatic carbocycles. The van der Waals surface area contributed by atoms with E-state index in [1.807, 2.05) is 43.3 Å². The fourth-order valence-electron chi connectivity index (χ4n) is 3.98. The average molecular weight is 373 g/mol. The Morgan fingerprint density at radius 3 is 2.38 bits per heavy atom. The van der Waals surface area contributed by atoms with Gasteiger partial charge in [0.15, 0.2) is 0 Å². The highest BCUT2D eigenvalue weighted by Crippen LogP contribution is 2.37. The summed E-state index contributed by atoms with van der Waals surface area (Å²) in [5, 5.41) is 9.37. The van der Waals surface area contributed by atoms with Gasteiger partial charge in [0.1, 0.15) is 0 Å². The number of carboxylic acids is 1. The van der Waals surface area contributed by atoms with Crippen LogP contribution in [0.2, 0.25) is 0 Å². The van der Waals surface area contributed by atoms with E-state index >= 15 is 0 Å². The Morgan fingerprint density at radius 2 is 1.77 bits per heavy atom. The third-order valence-electron chi connectivity index (χ3n) is 4.90. The lowest BCUT2D eigenvalue weighted by Gasteiger charge is -2.36. The molecule has 6 heteroatoms. The first kappa shape index (κ1) is 18.6. The Hall–Kier alpha value is -2.18. The van der Waals surface area contributed by atoms with Crippen molar-refractivity contribution >= 4 is 16.0 Å². The molecule has 1 aliphatic rings. The Balaban J connectivity index is 2.14. The number of hydrogen-bond acceptors (Lipinski definition) is 3. The predicted molar refractivity (Wildman–Crippen MR) is 99.7 cm³/mol. The van der Waals surface area contributed by atoms with Crippen molar-refractivity contribution in [2.75, 3.05) is 6.54 Å². The molecule has 26 heavy (non-hydrogen) atoms. The molecule has 2 aromatic carbocycles. The van der Waals surface area contributed by atoms with Crippen molar-refractivity contribution in [2.24, 2.45) is 0 Å². The first-order valence-corrected chi connectivity index (χ1v) is 10.0. The predicted octanol–water partition coefficient (Wildman–Crippen LogP) is 3.37. The number of aryl methyl sites for hydroxylation is 3. The van der Waals surface area contributed by atoms with Gasteiger partial charge in [-0.15, -0.1) is 0 Å². The van der Waals surface area contributed by atoms with Gasteiger partial charge in [0.2, 0.25) is 10.0 Å². The maximum absolute atomic E-state index is 13.5. The van der Waals surface area contributed by atoms with Crippen LogP contribution in [-0.2, 0) is 21.2 Å². The van der Waals surface area contributed by atoms with Gasteiger partial charge in [-0.2, -0.15) is 4.31 Å². The molecule has 1 aliphatic heterocycles. The number of carboxylic acid groups (broad SMARTS) is 1. The summed E-state index contributed by atoms with van der Waals surface area (Å²) in [6.07, 6.45) is 0.329. The second-order valence-corrected chi connectivity index (χ2v) is 8.73. The van der Waals surface area contributed by atoms with Crippen LogP contribution in [0.3, 0.4) is 0 Å². The minimum atomic E-state index is -3.81. The molecular weight excluding hydrogens is 350 g/mol. The topological polar surface area (TPSA) is 74.7 Å². The van der Waals surface area contributed by atoms with Gasteiger partial charge in [-0.25, -0.2) is 8.42 Å². The van der Waals surface area contributed by atoms with Crippen molar-refractivity contribution in [3.63, 3.8) is 0 Å². The van der Waals surface area contributed by atoms with Gasteiger partial charge in [0.05, 0.1) is 17.4 Å². The first-order chi connectivity index (χ1) is 12.2. The summed E-state index contributed by atoms with van der Waals surface area (Å²) in [7, 11) is -3.81. The van der Waals surface area contributed by atoms with Gasteiger partial charge < -0.3 is 5.11 Å². The number of hydrogen-bond donors (Lipinski definition) is 1. The number of carbonyl (C=O) groups is 1. The van der Waals surface area contributed by atoms with E-state index in [-0.39, 0.29) is 17.9 Å². The van der Waals surface area contributed by atoms with Gasteiger partial charge in [0, 0.05) is 6.54 Å². The molecule has 2 aromatic rings. The molecule has 1 atom stereocenters. The van der Waals surface area contributed by atoms with E-state index < -0.39 is 22.0 Å². The fraction of sp³-hybridized carbons (Fsp3) is 0.350. The third kappa shape index (κ3) is 3.27. The lowest BCUT2D eigenvalue weighted by molar-refractivity contribution is -0.138. The highest BCUT2D eigenvalue weighted by molar-refractivity contribution is 7.89. The highest BCUT2D eigenvalue weighted by Gasteiger charge is 2.38. The van der Waals surface area contributed by atoms with E-state index in [2.05, 4.69) is 0 Å². The second-order valence-electron chi connectivity index (χ2n) is 6.91. The molecule has 1 heterocycles. The minimum Gasteiger partial charge on any atom is -0.481 e. The number of rotatable bonds is 4. The third-order valence-corrected chi connectivity index (χ3v) is 7.12. The molecule has 5 nitrogen and oxygen atoms in total. The number of aliphatic carboxylic acids is 1. The lowest BCUT2D eigenvalue weighted by Crippen LogP contribution is -2.41. The van der Waals surface area contributed by atoms with Crippen molar-refractivity contribution < 1.29 is 18.3 Å². The SMILES string of the molecule is Cc1cc(C)c(S(=O)(=O)N2CCc3ccccc3C2CC(=O)O)c(C)c1. The summed E-state index contributed by atoms with van der Waals surface area (Å²) in [6.45, 7) is 5.79. The van der Waals surface area contributed by atoms with Crippen molar-refractivity contribution in [3.05, 3.63) is 64.2 Å². The van der Waals surface area contributed by atoms with E-state index in [9.17, 15) is 18.3 Å². The molecule has 0 bridgehead atoms.